The molecule has 1 amide bonds. The zero-order chi connectivity index (χ0) is 10.3. The van der Waals surface area contributed by atoms with Crippen LogP contribution in [0.2, 0.25) is 0 Å². The van der Waals surface area contributed by atoms with E-state index in [0.29, 0.717) is 6.17 Å². The molecule has 1 spiro atoms. The molecule has 1 atom stereocenters. The maximum atomic E-state index is 12.1. The summed E-state index contributed by atoms with van der Waals surface area (Å²) in [6.07, 6.45) is 5.95. The highest BCUT2D eigenvalue weighted by Gasteiger charge is 2.53. The first kappa shape index (κ1) is 9.60. The summed E-state index contributed by atoms with van der Waals surface area (Å²) in [5, 5.41) is 6.52. The molecule has 4 nitrogen and oxygen atoms in total. The van der Waals surface area contributed by atoms with Crippen LogP contribution in [0, 0.1) is 0 Å². The molecule has 3 aliphatic rings. The van der Waals surface area contributed by atoms with Gasteiger partial charge >= 0.3 is 0 Å². The summed E-state index contributed by atoms with van der Waals surface area (Å²) in [7, 11) is 0. The molecule has 0 aromatic carbocycles. The second-order valence-corrected chi connectivity index (χ2v) is 4.96. The Morgan fingerprint density at radius 3 is 2.87 bits per heavy atom. The van der Waals surface area contributed by atoms with Crippen LogP contribution in [0.3, 0.4) is 0 Å². The molecule has 3 rings (SSSR count). The molecule has 3 fully saturated rings. The van der Waals surface area contributed by atoms with Crippen molar-refractivity contribution in [1.82, 2.24) is 15.5 Å². The third kappa shape index (κ3) is 1.31. The molecule has 0 aliphatic carbocycles. The van der Waals surface area contributed by atoms with E-state index < -0.39 is 0 Å². The summed E-state index contributed by atoms with van der Waals surface area (Å²) in [6.45, 7) is 3.07. The lowest BCUT2D eigenvalue weighted by Gasteiger charge is -2.42. The van der Waals surface area contributed by atoms with Gasteiger partial charge in [0.1, 0.15) is 5.54 Å². The molecule has 0 bridgehead atoms. The summed E-state index contributed by atoms with van der Waals surface area (Å²) in [5.74, 6) is 0.288. The molecule has 2 N–H and O–H groups in total. The van der Waals surface area contributed by atoms with Crippen LogP contribution < -0.4 is 10.6 Å². The first-order chi connectivity index (χ1) is 7.33. The fourth-order valence-electron chi connectivity index (χ4n) is 3.36. The van der Waals surface area contributed by atoms with E-state index in [9.17, 15) is 4.79 Å². The third-order valence-electron chi connectivity index (χ3n) is 4.20. The average Bonchev–Trinajstić information content (AvgIpc) is 2.55. The lowest BCUT2D eigenvalue weighted by Crippen LogP contribution is -2.57. The fourth-order valence-corrected chi connectivity index (χ4v) is 3.36. The van der Waals surface area contributed by atoms with E-state index in [0.717, 1.165) is 38.9 Å². The quantitative estimate of drug-likeness (QED) is 0.592. The van der Waals surface area contributed by atoms with Crippen LogP contribution in [-0.4, -0.2) is 42.1 Å². The Morgan fingerprint density at radius 2 is 2.07 bits per heavy atom. The van der Waals surface area contributed by atoms with Gasteiger partial charge in [-0.15, -0.1) is 0 Å². The first-order valence-electron chi connectivity index (χ1n) is 6.11. The Hall–Kier alpha value is -0.610. The normalized spacial score (nSPS) is 35.2. The molecule has 0 saturated carbocycles. The van der Waals surface area contributed by atoms with E-state index in [1.165, 1.54) is 12.8 Å². The van der Waals surface area contributed by atoms with Crippen LogP contribution >= 0.6 is 0 Å². The lowest BCUT2D eigenvalue weighted by molar-refractivity contribution is -0.128. The number of carbonyl (C=O) groups is 1. The largest absolute Gasteiger partial charge is 0.339 e. The maximum Gasteiger partial charge on any atom is 0.241 e. The molecular formula is C11H19N3O. The second kappa shape index (κ2) is 3.46. The van der Waals surface area contributed by atoms with Gasteiger partial charge in [-0.3, -0.25) is 9.69 Å². The molecule has 0 aromatic rings. The standard InChI is InChI=1S/C11H19N3O/c15-10-11(4-6-12-7-5-11)14-8-2-1-3-9(14)13-10/h9,12H,1-8H2,(H,13,15). The van der Waals surface area contributed by atoms with Crippen LogP contribution in [0.25, 0.3) is 0 Å². The minimum Gasteiger partial charge on any atom is -0.339 e. The van der Waals surface area contributed by atoms with Crippen molar-refractivity contribution >= 4 is 5.91 Å². The Labute approximate surface area is 90.4 Å². The van der Waals surface area contributed by atoms with Gasteiger partial charge in [0.15, 0.2) is 0 Å². The van der Waals surface area contributed by atoms with Crippen molar-refractivity contribution in [3.8, 4) is 0 Å². The van der Waals surface area contributed by atoms with E-state index in [4.69, 9.17) is 0 Å². The Kier molecular flexibility index (Phi) is 2.21. The minimum absolute atomic E-state index is 0.156. The highest BCUT2D eigenvalue weighted by molar-refractivity contribution is 5.89. The van der Waals surface area contributed by atoms with Crippen molar-refractivity contribution in [3.63, 3.8) is 0 Å². The predicted molar refractivity (Wildman–Crippen MR) is 57.3 cm³/mol. The number of hydrogen-bond donors (Lipinski definition) is 2. The first-order valence-corrected chi connectivity index (χ1v) is 6.11. The highest BCUT2D eigenvalue weighted by Crippen LogP contribution is 2.36. The van der Waals surface area contributed by atoms with Crippen LogP contribution in [-0.2, 0) is 4.79 Å². The summed E-state index contributed by atoms with van der Waals surface area (Å²) in [4.78, 5) is 14.6. The maximum absolute atomic E-state index is 12.1. The number of carbonyl (C=O) groups excluding carboxylic acids is 1. The monoisotopic (exact) mass is 209 g/mol. The number of rotatable bonds is 0. The molecule has 3 heterocycles. The minimum atomic E-state index is -0.156. The van der Waals surface area contributed by atoms with Crippen molar-refractivity contribution in [1.29, 1.82) is 0 Å². The summed E-state index contributed by atoms with van der Waals surface area (Å²) in [5.41, 5.74) is -0.156. The molecule has 84 valence electrons. The van der Waals surface area contributed by atoms with Crippen molar-refractivity contribution < 1.29 is 4.79 Å². The Morgan fingerprint density at radius 1 is 1.27 bits per heavy atom. The number of nitrogens with zero attached hydrogens (tertiary/aromatic N) is 1. The van der Waals surface area contributed by atoms with Crippen LogP contribution in [0.5, 0.6) is 0 Å². The van der Waals surface area contributed by atoms with Gasteiger partial charge in [-0.2, -0.15) is 0 Å². The van der Waals surface area contributed by atoms with E-state index in [1.807, 2.05) is 0 Å². The van der Waals surface area contributed by atoms with Gasteiger partial charge in [0.25, 0.3) is 0 Å². The lowest BCUT2D eigenvalue weighted by atomic mass is 9.86. The Balaban J connectivity index is 1.88. The van der Waals surface area contributed by atoms with Crippen molar-refractivity contribution in [2.75, 3.05) is 19.6 Å². The van der Waals surface area contributed by atoms with Gasteiger partial charge in [0, 0.05) is 6.54 Å². The topological polar surface area (TPSA) is 44.4 Å². The zero-order valence-corrected chi connectivity index (χ0v) is 9.09. The van der Waals surface area contributed by atoms with Gasteiger partial charge in [0.05, 0.1) is 6.17 Å². The van der Waals surface area contributed by atoms with Crippen LogP contribution in [0.4, 0.5) is 0 Å². The van der Waals surface area contributed by atoms with E-state index in [-0.39, 0.29) is 11.4 Å². The summed E-state index contributed by atoms with van der Waals surface area (Å²) >= 11 is 0. The molecule has 0 aromatic heterocycles. The molecule has 15 heavy (non-hydrogen) atoms. The van der Waals surface area contributed by atoms with Gasteiger partial charge in [-0.1, -0.05) is 0 Å². The van der Waals surface area contributed by atoms with Crippen LogP contribution in [0.1, 0.15) is 32.1 Å². The zero-order valence-electron chi connectivity index (χ0n) is 9.09. The molecular weight excluding hydrogens is 190 g/mol. The molecule has 0 radical (unpaired) electrons. The van der Waals surface area contributed by atoms with Gasteiger partial charge in [-0.05, 0) is 45.2 Å². The molecule has 3 aliphatic heterocycles. The predicted octanol–water partition coefficient (Wildman–Crippen LogP) is 0.0504. The molecule has 3 saturated heterocycles. The molecule has 1 unspecified atom stereocenters. The average molecular weight is 209 g/mol. The fraction of sp³-hybridized carbons (Fsp3) is 0.909. The van der Waals surface area contributed by atoms with E-state index in [1.54, 1.807) is 0 Å². The highest BCUT2D eigenvalue weighted by atomic mass is 16.2. The number of piperidine rings is 2. The smallest absolute Gasteiger partial charge is 0.241 e. The summed E-state index contributed by atoms with van der Waals surface area (Å²) < 4.78 is 0. The summed E-state index contributed by atoms with van der Waals surface area (Å²) in [6, 6.07) is 0. The van der Waals surface area contributed by atoms with Crippen molar-refractivity contribution in [2.45, 2.75) is 43.8 Å². The number of nitrogens with one attached hydrogen (secondary N) is 2. The van der Waals surface area contributed by atoms with E-state index >= 15 is 0 Å². The molecule has 4 heteroatoms. The SMILES string of the molecule is O=C1NC2CCCCN2C12CCNCC2. The Bertz CT molecular complexity index is 273. The number of hydrogen-bond acceptors (Lipinski definition) is 3. The second-order valence-electron chi connectivity index (χ2n) is 4.96. The van der Waals surface area contributed by atoms with Crippen molar-refractivity contribution in [2.24, 2.45) is 0 Å². The van der Waals surface area contributed by atoms with Gasteiger partial charge in [-0.25, -0.2) is 0 Å². The number of amides is 1. The van der Waals surface area contributed by atoms with Crippen molar-refractivity contribution in [3.05, 3.63) is 0 Å². The van der Waals surface area contributed by atoms with Crippen LogP contribution in [0.15, 0.2) is 0 Å². The van der Waals surface area contributed by atoms with Gasteiger partial charge < -0.3 is 10.6 Å². The van der Waals surface area contributed by atoms with Gasteiger partial charge in [0.2, 0.25) is 5.91 Å². The third-order valence-corrected chi connectivity index (χ3v) is 4.20. The van der Waals surface area contributed by atoms with E-state index in [2.05, 4.69) is 15.5 Å². The number of fused-ring (bicyclic) bond motifs is 2.